The molecule has 0 amide bonds. The molecule has 0 aliphatic rings. The minimum atomic E-state index is -0.705. The van der Waals surface area contributed by atoms with Crippen LogP contribution in [0.15, 0.2) is 53.3 Å². The van der Waals surface area contributed by atoms with Gasteiger partial charge in [0.2, 0.25) is 0 Å². The molecular formula is C20H14F2N2O2. The van der Waals surface area contributed by atoms with Crippen LogP contribution >= 0.6 is 0 Å². The molecule has 0 bridgehead atoms. The van der Waals surface area contributed by atoms with Crippen LogP contribution in [0.5, 0.6) is 5.75 Å². The Morgan fingerprint density at radius 3 is 2.35 bits per heavy atom. The van der Waals surface area contributed by atoms with Gasteiger partial charge in [0.25, 0.3) is 5.56 Å². The maximum Gasteiger partial charge on any atom is 0.266 e. The number of H-pyrrole nitrogens is 1. The standard InChI is InChI=1S/C20H14F2N2O2/c1-12-6-18(19(10-23)20(25)24-12)14-4-2-13(3-5-14)11-26-17-8-15(21)7-16(22)9-17/h2-9H,11H2,1H3,(H,24,25). The minimum Gasteiger partial charge on any atom is -0.489 e. The van der Waals surface area contributed by atoms with Crippen LogP contribution in [0, 0.1) is 29.9 Å². The zero-order chi connectivity index (χ0) is 18.7. The van der Waals surface area contributed by atoms with Crippen molar-refractivity contribution in [3.05, 3.63) is 87.3 Å². The Kier molecular flexibility index (Phi) is 4.81. The smallest absolute Gasteiger partial charge is 0.266 e. The second-order valence-electron chi connectivity index (χ2n) is 5.77. The molecule has 2 aromatic carbocycles. The molecule has 4 nitrogen and oxygen atoms in total. The molecule has 1 aromatic heterocycles. The van der Waals surface area contributed by atoms with E-state index in [2.05, 4.69) is 4.98 Å². The maximum absolute atomic E-state index is 13.2. The molecular weight excluding hydrogens is 338 g/mol. The molecule has 3 aromatic rings. The van der Waals surface area contributed by atoms with Gasteiger partial charge in [0.15, 0.2) is 0 Å². The van der Waals surface area contributed by atoms with Gasteiger partial charge in [-0.2, -0.15) is 5.26 Å². The van der Waals surface area contributed by atoms with Gasteiger partial charge in [-0.1, -0.05) is 24.3 Å². The summed E-state index contributed by atoms with van der Waals surface area (Å²) in [5.41, 5.74) is 2.32. The SMILES string of the molecule is Cc1cc(-c2ccc(COc3cc(F)cc(F)c3)cc2)c(C#N)c(=O)[nH]1. The van der Waals surface area contributed by atoms with Crippen LogP contribution in [0.4, 0.5) is 8.78 Å². The Morgan fingerprint density at radius 2 is 1.73 bits per heavy atom. The van der Waals surface area contributed by atoms with Gasteiger partial charge in [-0.15, -0.1) is 0 Å². The third kappa shape index (κ3) is 3.78. The number of nitrogens with zero attached hydrogens (tertiary/aromatic N) is 1. The summed E-state index contributed by atoms with van der Waals surface area (Å²) in [5, 5.41) is 9.21. The average molecular weight is 352 g/mol. The van der Waals surface area contributed by atoms with E-state index >= 15 is 0 Å². The summed E-state index contributed by atoms with van der Waals surface area (Å²) in [7, 11) is 0. The number of halogens is 2. The van der Waals surface area contributed by atoms with E-state index < -0.39 is 17.2 Å². The molecule has 0 atom stereocenters. The highest BCUT2D eigenvalue weighted by molar-refractivity contribution is 5.70. The van der Waals surface area contributed by atoms with Gasteiger partial charge in [0.1, 0.15) is 35.6 Å². The first-order valence-electron chi connectivity index (χ1n) is 7.78. The van der Waals surface area contributed by atoms with Crippen molar-refractivity contribution in [3.63, 3.8) is 0 Å². The van der Waals surface area contributed by atoms with Crippen molar-refractivity contribution in [2.24, 2.45) is 0 Å². The van der Waals surface area contributed by atoms with E-state index in [0.29, 0.717) is 11.3 Å². The molecule has 1 heterocycles. The number of aryl methyl sites for hydroxylation is 1. The summed E-state index contributed by atoms with van der Waals surface area (Å²) in [6.45, 7) is 1.87. The summed E-state index contributed by atoms with van der Waals surface area (Å²) in [6, 6.07) is 13.7. The Labute approximate surface area is 148 Å². The van der Waals surface area contributed by atoms with Crippen LogP contribution in [0.25, 0.3) is 11.1 Å². The molecule has 0 fully saturated rings. The summed E-state index contributed by atoms with van der Waals surface area (Å²) in [6.07, 6.45) is 0. The van der Waals surface area contributed by atoms with Crippen molar-refractivity contribution < 1.29 is 13.5 Å². The van der Waals surface area contributed by atoms with Crippen LogP contribution in [0.1, 0.15) is 16.8 Å². The molecule has 0 spiro atoms. The average Bonchev–Trinajstić information content (AvgIpc) is 2.59. The molecule has 26 heavy (non-hydrogen) atoms. The van der Waals surface area contributed by atoms with E-state index in [0.717, 1.165) is 29.3 Å². The second-order valence-corrected chi connectivity index (χ2v) is 5.77. The highest BCUT2D eigenvalue weighted by Gasteiger charge is 2.10. The molecule has 0 aliphatic heterocycles. The third-order valence-electron chi connectivity index (χ3n) is 3.79. The normalized spacial score (nSPS) is 10.4. The van der Waals surface area contributed by atoms with Crippen molar-refractivity contribution in [2.45, 2.75) is 13.5 Å². The first kappa shape index (κ1) is 17.4. The van der Waals surface area contributed by atoms with Crippen molar-refractivity contribution in [1.82, 2.24) is 4.98 Å². The van der Waals surface area contributed by atoms with Gasteiger partial charge in [-0.25, -0.2) is 8.78 Å². The van der Waals surface area contributed by atoms with Crippen LogP contribution in [-0.2, 0) is 6.61 Å². The Bertz CT molecular complexity index is 1030. The number of aromatic nitrogens is 1. The summed E-state index contributed by atoms with van der Waals surface area (Å²) < 4.78 is 31.7. The van der Waals surface area contributed by atoms with Crippen molar-refractivity contribution in [2.75, 3.05) is 0 Å². The molecule has 130 valence electrons. The van der Waals surface area contributed by atoms with E-state index in [1.54, 1.807) is 37.3 Å². The Hall–Kier alpha value is -3.46. The summed E-state index contributed by atoms with van der Waals surface area (Å²) in [5.74, 6) is -1.31. The van der Waals surface area contributed by atoms with Crippen molar-refractivity contribution >= 4 is 0 Å². The number of pyridine rings is 1. The quantitative estimate of drug-likeness (QED) is 0.769. The van der Waals surface area contributed by atoms with Gasteiger partial charge in [0.05, 0.1) is 0 Å². The fourth-order valence-corrected chi connectivity index (χ4v) is 2.59. The largest absolute Gasteiger partial charge is 0.489 e. The number of hydrogen-bond acceptors (Lipinski definition) is 3. The number of aromatic amines is 1. The fourth-order valence-electron chi connectivity index (χ4n) is 2.59. The highest BCUT2D eigenvalue weighted by Crippen LogP contribution is 2.23. The number of nitriles is 1. The lowest BCUT2D eigenvalue weighted by Gasteiger charge is -2.09. The second kappa shape index (κ2) is 7.19. The predicted octanol–water partition coefficient (Wildman–Crippen LogP) is 4.08. The zero-order valence-electron chi connectivity index (χ0n) is 13.8. The molecule has 0 radical (unpaired) electrons. The fraction of sp³-hybridized carbons (Fsp3) is 0.100. The van der Waals surface area contributed by atoms with Gasteiger partial charge >= 0.3 is 0 Å². The Balaban J connectivity index is 1.81. The number of ether oxygens (including phenoxy) is 1. The summed E-state index contributed by atoms with van der Waals surface area (Å²) >= 11 is 0. The minimum absolute atomic E-state index is 0.0508. The van der Waals surface area contributed by atoms with Gasteiger partial charge in [0, 0.05) is 29.5 Å². The van der Waals surface area contributed by atoms with Crippen LogP contribution in [-0.4, -0.2) is 4.98 Å². The predicted molar refractivity (Wildman–Crippen MR) is 92.6 cm³/mol. The molecule has 0 unspecified atom stereocenters. The zero-order valence-corrected chi connectivity index (χ0v) is 13.8. The van der Waals surface area contributed by atoms with E-state index in [1.165, 1.54) is 0 Å². The molecule has 1 N–H and O–H groups in total. The third-order valence-corrected chi connectivity index (χ3v) is 3.79. The lowest BCUT2D eigenvalue weighted by atomic mass is 10.00. The first-order valence-corrected chi connectivity index (χ1v) is 7.78. The number of hydrogen-bond donors (Lipinski definition) is 1. The van der Waals surface area contributed by atoms with Gasteiger partial charge in [-0.3, -0.25) is 4.79 Å². The topological polar surface area (TPSA) is 65.9 Å². The van der Waals surface area contributed by atoms with E-state index in [-0.39, 0.29) is 17.9 Å². The number of nitrogens with one attached hydrogen (secondary N) is 1. The maximum atomic E-state index is 13.2. The van der Waals surface area contributed by atoms with Crippen molar-refractivity contribution in [3.8, 4) is 22.9 Å². The van der Waals surface area contributed by atoms with E-state index in [9.17, 15) is 18.8 Å². The van der Waals surface area contributed by atoms with Crippen LogP contribution in [0.2, 0.25) is 0 Å². The molecule has 0 aliphatic carbocycles. The van der Waals surface area contributed by atoms with Gasteiger partial charge < -0.3 is 9.72 Å². The molecule has 3 rings (SSSR count). The lowest BCUT2D eigenvalue weighted by Crippen LogP contribution is -2.12. The lowest BCUT2D eigenvalue weighted by molar-refractivity contribution is 0.302. The van der Waals surface area contributed by atoms with Crippen LogP contribution in [0.3, 0.4) is 0 Å². The van der Waals surface area contributed by atoms with Crippen LogP contribution < -0.4 is 10.3 Å². The first-order chi connectivity index (χ1) is 12.5. The van der Waals surface area contributed by atoms with Gasteiger partial charge in [-0.05, 0) is 24.1 Å². The summed E-state index contributed by atoms with van der Waals surface area (Å²) in [4.78, 5) is 14.5. The Morgan fingerprint density at radius 1 is 1.08 bits per heavy atom. The molecule has 0 saturated heterocycles. The van der Waals surface area contributed by atoms with Crippen molar-refractivity contribution in [1.29, 1.82) is 5.26 Å². The highest BCUT2D eigenvalue weighted by atomic mass is 19.1. The van der Waals surface area contributed by atoms with E-state index in [1.807, 2.05) is 6.07 Å². The van der Waals surface area contributed by atoms with E-state index in [4.69, 9.17) is 4.74 Å². The monoisotopic (exact) mass is 352 g/mol. The number of rotatable bonds is 4. The molecule has 0 saturated carbocycles. The molecule has 6 heteroatoms. The number of benzene rings is 2.